The number of imidazole rings is 1. The number of hydrogen-bond donors (Lipinski definition) is 1. The van der Waals surface area contributed by atoms with Crippen LogP contribution in [-0.2, 0) is 11.3 Å². The maximum absolute atomic E-state index is 10.8. The maximum atomic E-state index is 10.8. The van der Waals surface area contributed by atoms with Gasteiger partial charge in [0.25, 0.3) is 0 Å². The molecule has 1 aliphatic rings. The molecule has 2 N–H and O–H groups in total. The summed E-state index contributed by atoms with van der Waals surface area (Å²) >= 11 is 1.41. The van der Waals surface area contributed by atoms with E-state index in [2.05, 4.69) is 15.6 Å². The smallest absolute Gasteiger partial charge is 0.227 e. The van der Waals surface area contributed by atoms with E-state index in [1.54, 1.807) is 11.8 Å². The lowest BCUT2D eigenvalue weighted by atomic mass is 9.97. The van der Waals surface area contributed by atoms with Gasteiger partial charge in [0, 0.05) is 18.9 Å². The van der Waals surface area contributed by atoms with E-state index in [1.165, 1.54) is 37.4 Å². The van der Waals surface area contributed by atoms with Crippen molar-refractivity contribution in [3.8, 4) is 0 Å². The van der Waals surface area contributed by atoms with Gasteiger partial charge in [-0.05, 0) is 32.1 Å². The lowest BCUT2D eigenvalue weighted by Gasteiger charge is -2.13. The van der Waals surface area contributed by atoms with Gasteiger partial charge < -0.3 is 10.3 Å². The Kier molecular flexibility index (Phi) is 4.87. The molecular formula is C13H19N3OS. The first-order valence-electron chi connectivity index (χ1n) is 6.36. The summed E-state index contributed by atoms with van der Waals surface area (Å²) in [4.78, 5) is 15.0. The Morgan fingerprint density at radius 3 is 3.11 bits per heavy atom. The summed E-state index contributed by atoms with van der Waals surface area (Å²) in [6.07, 6.45) is 12.3. The fourth-order valence-electron chi connectivity index (χ4n) is 2.14. The number of aryl methyl sites for hydroxylation is 1. The lowest BCUT2D eigenvalue weighted by molar-refractivity contribution is -0.115. The number of carbonyl (C=O) groups is 1. The molecule has 0 radical (unpaired) electrons. The Morgan fingerprint density at radius 2 is 2.39 bits per heavy atom. The van der Waals surface area contributed by atoms with Crippen LogP contribution in [-0.4, -0.2) is 21.2 Å². The zero-order valence-electron chi connectivity index (χ0n) is 10.5. The average molecular weight is 265 g/mol. The van der Waals surface area contributed by atoms with Gasteiger partial charge in [0.2, 0.25) is 5.91 Å². The van der Waals surface area contributed by atoms with Gasteiger partial charge in [-0.1, -0.05) is 23.4 Å². The van der Waals surface area contributed by atoms with Gasteiger partial charge in [-0.15, -0.1) is 0 Å². The van der Waals surface area contributed by atoms with E-state index in [0.29, 0.717) is 5.75 Å². The highest BCUT2D eigenvalue weighted by Crippen LogP contribution is 2.22. The number of nitrogens with two attached hydrogens (primary N) is 1. The molecule has 1 heterocycles. The Hall–Kier alpha value is -1.23. The summed E-state index contributed by atoms with van der Waals surface area (Å²) in [7, 11) is 0. The van der Waals surface area contributed by atoms with Crippen LogP contribution in [0.5, 0.6) is 0 Å². The van der Waals surface area contributed by atoms with E-state index < -0.39 is 0 Å². The molecule has 0 saturated heterocycles. The van der Waals surface area contributed by atoms with Crippen molar-refractivity contribution in [1.29, 1.82) is 0 Å². The minimum atomic E-state index is -0.301. The zero-order valence-corrected chi connectivity index (χ0v) is 11.3. The van der Waals surface area contributed by atoms with E-state index in [1.807, 2.05) is 6.20 Å². The molecule has 5 heteroatoms. The molecule has 98 valence electrons. The van der Waals surface area contributed by atoms with Crippen LogP contribution in [0.3, 0.4) is 0 Å². The van der Waals surface area contributed by atoms with Gasteiger partial charge in [0.15, 0.2) is 5.16 Å². The molecule has 18 heavy (non-hydrogen) atoms. The molecule has 2 rings (SSSR count). The van der Waals surface area contributed by atoms with E-state index in [4.69, 9.17) is 5.73 Å². The molecule has 1 amide bonds. The summed E-state index contributed by atoms with van der Waals surface area (Å²) in [6, 6.07) is 0. The molecule has 1 aliphatic carbocycles. The van der Waals surface area contributed by atoms with Crippen molar-refractivity contribution in [3.63, 3.8) is 0 Å². The topological polar surface area (TPSA) is 60.9 Å². The van der Waals surface area contributed by atoms with Crippen molar-refractivity contribution in [2.75, 3.05) is 5.75 Å². The van der Waals surface area contributed by atoms with Crippen LogP contribution in [0.25, 0.3) is 0 Å². The number of nitrogens with zero attached hydrogens (tertiary/aromatic N) is 2. The van der Waals surface area contributed by atoms with Gasteiger partial charge in [0.1, 0.15) is 0 Å². The molecule has 0 unspecified atom stereocenters. The summed E-state index contributed by atoms with van der Waals surface area (Å²) in [5, 5.41) is 0.880. The van der Waals surface area contributed by atoms with Crippen LogP contribution in [0, 0.1) is 0 Å². The van der Waals surface area contributed by atoms with Gasteiger partial charge in [-0.3, -0.25) is 4.79 Å². The highest BCUT2D eigenvalue weighted by molar-refractivity contribution is 7.99. The number of primary amides is 1. The Balaban J connectivity index is 1.87. The molecule has 1 aromatic rings. The second-order valence-electron chi connectivity index (χ2n) is 4.52. The Labute approximate surface area is 112 Å². The van der Waals surface area contributed by atoms with E-state index >= 15 is 0 Å². The standard InChI is InChI=1S/C13H19N3OS/c14-12(17)10-18-13-15-7-9-16(13)8-6-11-4-2-1-3-5-11/h4,7,9H,1-3,5-6,8,10H2,(H2,14,17). The molecule has 0 saturated carbocycles. The van der Waals surface area contributed by atoms with Crippen molar-refractivity contribution in [2.24, 2.45) is 5.73 Å². The fraction of sp³-hybridized carbons (Fsp3) is 0.538. The normalized spacial score (nSPS) is 15.4. The quantitative estimate of drug-likeness (QED) is 0.634. The number of aromatic nitrogens is 2. The highest BCUT2D eigenvalue weighted by Gasteiger charge is 2.07. The fourth-order valence-corrected chi connectivity index (χ4v) is 2.86. The SMILES string of the molecule is NC(=O)CSc1nccn1CCC1=CCCCC1. The molecule has 0 bridgehead atoms. The minimum absolute atomic E-state index is 0.291. The summed E-state index contributed by atoms with van der Waals surface area (Å²) < 4.78 is 2.10. The first-order valence-corrected chi connectivity index (χ1v) is 7.34. The average Bonchev–Trinajstić information content (AvgIpc) is 2.82. The number of allylic oxidation sites excluding steroid dienone is 2. The second-order valence-corrected chi connectivity index (χ2v) is 5.46. The number of carbonyl (C=O) groups excluding carboxylic acids is 1. The van der Waals surface area contributed by atoms with Crippen molar-refractivity contribution in [2.45, 2.75) is 43.8 Å². The second kappa shape index (κ2) is 6.64. The van der Waals surface area contributed by atoms with Crippen molar-refractivity contribution >= 4 is 17.7 Å². The molecule has 0 aliphatic heterocycles. The number of hydrogen-bond acceptors (Lipinski definition) is 3. The number of thioether (sulfide) groups is 1. The molecule has 1 aromatic heterocycles. The molecular weight excluding hydrogens is 246 g/mol. The summed E-state index contributed by atoms with van der Waals surface area (Å²) in [5.74, 6) is -0.00997. The molecule has 4 nitrogen and oxygen atoms in total. The number of amides is 1. The van der Waals surface area contributed by atoms with Gasteiger partial charge >= 0.3 is 0 Å². The predicted molar refractivity (Wildman–Crippen MR) is 73.3 cm³/mol. The van der Waals surface area contributed by atoms with Crippen LogP contribution in [0.2, 0.25) is 0 Å². The molecule has 0 fully saturated rings. The third-order valence-corrected chi connectivity index (χ3v) is 4.11. The van der Waals surface area contributed by atoms with E-state index in [-0.39, 0.29) is 5.91 Å². The first-order chi connectivity index (χ1) is 8.75. The maximum Gasteiger partial charge on any atom is 0.227 e. The highest BCUT2D eigenvalue weighted by atomic mass is 32.2. The Bertz CT molecular complexity index is 439. The third-order valence-electron chi connectivity index (χ3n) is 3.08. The largest absolute Gasteiger partial charge is 0.369 e. The molecule has 0 aromatic carbocycles. The van der Waals surface area contributed by atoms with Crippen molar-refractivity contribution in [1.82, 2.24) is 9.55 Å². The van der Waals surface area contributed by atoms with Crippen molar-refractivity contribution in [3.05, 3.63) is 24.0 Å². The van der Waals surface area contributed by atoms with Crippen LogP contribution in [0.15, 0.2) is 29.2 Å². The van der Waals surface area contributed by atoms with Crippen molar-refractivity contribution < 1.29 is 4.79 Å². The monoisotopic (exact) mass is 265 g/mol. The third kappa shape index (κ3) is 3.91. The molecule has 0 atom stereocenters. The van der Waals surface area contributed by atoms with Crippen LogP contribution in [0.4, 0.5) is 0 Å². The lowest BCUT2D eigenvalue weighted by Crippen LogP contribution is -2.13. The van der Waals surface area contributed by atoms with Crippen LogP contribution >= 0.6 is 11.8 Å². The predicted octanol–water partition coefficient (Wildman–Crippen LogP) is 2.35. The van der Waals surface area contributed by atoms with Gasteiger partial charge in [-0.2, -0.15) is 0 Å². The number of rotatable bonds is 6. The summed E-state index contributed by atoms with van der Waals surface area (Å²) in [5.41, 5.74) is 6.70. The first kappa shape index (κ1) is 13.2. The van der Waals surface area contributed by atoms with Gasteiger partial charge in [-0.25, -0.2) is 4.98 Å². The zero-order chi connectivity index (χ0) is 12.8. The molecule has 0 spiro atoms. The van der Waals surface area contributed by atoms with E-state index in [0.717, 1.165) is 18.1 Å². The van der Waals surface area contributed by atoms with Gasteiger partial charge in [0.05, 0.1) is 5.75 Å². The van der Waals surface area contributed by atoms with Crippen LogP contribution < -0.4 is 5.73 Å². The van der Waals surface area contributed by atoms with E-state index in [9.17, 15) is 4.79 Å². The Morgan fingerprint density at radius 1 is 1.50 bits per heavy atom. The summed E-state index contributed by atoms with van der Waals surface area (Å²) in [6.45, 7) is 0.937. The minimum Gasteiger partial charge on any atom is -0.369 e. The van der Waals surface area contributed by atoms with Crippen LogP contribution in [0.1, 0.15) is 32.1 Å².